The molecule has 1 amide bonds. The van der Waals surface area contributed by atoms with Crippen molar-refractivity contribution in [3.63, 3.8) is 0 Å². The summed E-state index contributed by atoms with van der Waals surface area (Å²) in [6.45, 7) is 3.64. The van der Waals surface area contributed by atoms with Gasteiger partial charge in [0, 0.05) is 13.1 Å². The van der Waals surface area contributed by atoms with Gasteiger partial charge in [-0.15, -0.1) is 13.2 Å². The van der Waals surface area contributed by atoms with E-state index >= 15 is 0 Å². The van der Waals surface area contributed by atoms with Crippen LogP contribution in [0.2, 0.25) is 0 Å². The normalized spacial score (nSPS) is 16.7. The molecule has 1 aliphatic rings. The number of amides is 1. The molecule has 1 atom stereocenters. The number of carbonyl (C=O) groups excluding carboxylic acids is 2. The first kappa shape index (κ1) is 20.0. The summed E-state index contributed by atoms with van der Waals surface area (Å²) >= 11 is 0. The fraction of sp³-hybridized carbons (Fsp3) is 0.500. The largest absolute Gasteiger partial charge is 0.573 e. The number of morpholine rings is 1. The molecule has 144 valence electrons. The maximum atomic E-state index is 12.6. The zero-order chi connectivity index (χ0) is 19.3. The Morgan fingerprint density at radius 1 is 1.27 bits per heavy atom. The summed E-state index contributed by atoms with van der Waals surface area (Å²) in [6.07, 6.45) is -4.94. The number of halogens is 3. The summed E-state index contributed by atoms with van der Waals surface area (Å²) in [7, 11) is 1.14. The van der Waals surface area contributed by atoms with Gasteiger partial charge in [-0.2, -0.15) is 0 Å². The lowest BCUT2D eigenvalue weighted by molar-refractivity contribution is -0.274. The molecule has 0 aliphatic carbocycles. The van der Waals surface area contributed by atoms with E-state index in [0.717, 1.165) is 25.3 Å². The third-order valence-corrected chi connectivity index (χ3v) is 3.86. The predicted molar refractivity (Wildman–Crippen MR) is 84.9 cm³/mol. The van der Waals surface area contributed by atoms with Gasteiger partial charge in [-0.05, 0) is 25.1 Å². The number of hydrogen-bond acceptors (Lipinski definition) is 6. The maximum Gasteiger partial charge on any atom is 0.573 e. The molecule has 1 saturated heterocycles. The molecule has 10 heteroatoms. The van der Waals surface area contributed by atoms with E-state index in [2.05, 4.69) is 14.8 Å². The van der Waals surface area contributed by atoms with E-state index in [1.165, 1.54) is 0 Å². The van der Waals surface area contributed by atoms with Crippen LogP contribution in [0.4, 0.5) is 18.9 Å². The molecular formula is C16H19F3N2O5. The lowest BCUT2D eigenvalue weighted by atomic mass is 10.1. The highest BCUT2D eigenvalue weighted by molar-refractivity contribution is 5.98. The van der Waals surface area contributed by atoms with Crippen LogP contribution in [0, 0.1) is 0 Å². The molecule has 0 bridgehead atoms. The second-order valence-electron chi connectivity index (χ2n) is 5.56. The average molecular weight is 376 g/mol. The van der Waals surface area contributed by atoms with Crippen molar-refractivity contribution in [3.8, 4) is 5.75 Å². The van der Waals surface area contributed by atoms with Gasteiger partial charge in [-0.3, -0.25) is 9.69 Å². The Balaban J connectivity index is 2.22. The molecule has 0 aromatic heterocycles. The van der Waals surface area contributed by atoms with Gasteiger partial charge in [0.25, 0.3) is 0 Å². The summed E-state index contributed by atoms with van der Waals surface area (Å²) in [5, 5.41) is 2.40. The minimum atomic E-state index is -4.94. The second kappa shape index (κ2) is 8.37. The summed E-state index contributed by atoms with van der Waals surface area (Å²) in [5.41, 5.74) is -0.285. The molecule has 0 radical (unpaired) electrons. The third kappa shape index (κ3) is 5.33. The van der Waals surface area contributed by atoms with Crippen LogP contribution in [-0.2, 0) is 14.3 Å². The van der Waals surface area contributed by atoms with Gasteiger partial charge in [-0.1, -0.05) is 0 Å². The lowest BCUT2D eigenvalue weighted by Crippen LogP contribution is -2.47. The Labute approximate surface area is 148 Å². The van der Waals surface area contributed by atoms with E-state index < -0.39 is 30.0 Å². The molecule has 7 nitrogen and oxygen atoms in total. The highest BCUT2D eigenvalue weighted by Crippen LogP contribution is 2.31. The van der Waals surface area contributed by atoms with Crippen molar-refractivity contribution >= 4 is 17.6 Å². The first-order chi connectivity index (χ1) is 12.2. The standard InChI is InChI=1S/C16H19F3N2O5/c1-10(21-5-7-25-8-6-21)14(22)20-12-9-11(15(23)24-2)3-4-13(12)26-16(17,18)19/h3-4,9-10H,5-8H2,1-2H3,(H,20,22). The number of rotatable bonds is 5. The van der Waals surface area contributed by atoms with Crippen molar-refractivity contribution in [3.05, 3.63) is 23.8 Å². The smallest absolute Gasteiger partial charge is 0.465 e. The summed E-state index contributed by atoms with van der Waals surface area (Å²) in [5.74, 6) is -1.89. The minimum absolute atomic E-state index is 0.0173. The van der Waals surface area contributed by atoms with E-state index in [1.807, 2.05) is 4.90 Å². The first-order valence-electron chi connectivity index (χ1n) is 7.82. The molecule has 0 spiro atoms. The predicted octanol–water partition coefficient (Wildman–Crippen LogP) is 2.03. The van der Waals surface area contributed by atoms with Gasteiger partial charge >= 0.3 is 12.3 Å². The van der Waals surface area contributed by atoms with E-state index in [4.69, 9.17) is 4.74 Å². The van der Waals surface area contributed by atoms with Gasteiger partial charge in [0.15, 0.2) is 5.75 Å². The molecule has 1 fully saturated rings. The number of anilines is 1. The van der Waals surface area contributed by atoms with Crippen LogP contribution in [-0.4, -0.2) is 62.6 Å². The van der Waals surface area contributed by atoms with Gasteiger partial charge in [-0.25, -0.2) is 4.79 Å². The minimum Gasteiger partial charge on any atom is -0.465 e. The molecular weight excluding hydrogens is 357 g/mol. The van der Waals surface area contributed by atoms with Crippen LogP contribution in [0.15, 0.2) is 18.2 Å². The second-order valence-corrected chi connectivity index (χ2v) is 5.56. The fourth-order valence-corrected chi connectivity index (χ4v) is 2.45. The molecule has 26 heavy (non-hydrogen) atoms. The van der Waals surface area contributed by atoms with Crippen molar-refractivity contribution < 1.29 is 37.0 Å². The zero-order valence-electron chi connectivity index (χ0n) is 14.3. The Kier molecular flexibility index (Phi) is 6.43. The van der Waals surface area contributed by atoms with Crippen LogP contribution < -0.4 is 10.1 Å². The van der Waals surface area contributed by atoms with Crippen LogP contribution in [0.5, 0.6) is 5.75 Å². The number of nitrogens with one attached hydrogen (secondary N) is 1. The number of benzene rings is 1. The zero-order valence-corrected chi connectivity index (χ0v) is 14.3. The molecule has 1 N–H and O–H groups in total. The van der Waals surface area contributed by atoms with Crippen molar-refractivity contribution in [2.75, 3.05) is 38.7 Å². The number of ether oxygens (including phenoxy) is 3. The molecule has 1 unspecified atom stereocenters. The van der Waals surface area contributed by atoms with E-state index in [-0.39, 0.29) is 11.3 Å². The molecule has 1 aliphatic heterocycles. The van der Waals surface area contributed by atoms with Crippen molar-refractivity contribution in [1.29, 1.82) is 0 Å². The molecule has 1 aromatic rings. The maximum absolute atomic E-state index is 12.6. The SMILES string of the molecule is COC(=O)c1ccc(OC(F)(F)F)c(NC(=O)C(C)N2CCOCC2)c1. The van der Waals surface area contributed by atoms with Crippen LogP contribution >= 0.6 is 0 Å². The molecule has 0 saturated carbocycles. The molecule has 1 aromatic carbocycles. The average Bonchev–Trinajstić information content (AvgIpc) is 2.61. The number of carbonyl (C=O) groups is 2. The van der Waals surface area contributed by atoms with E-state index in [0.29, 0.717) is 26.3 Å². The summed E-state index contributed by atoms with van der Waals surface area (Å²) in [6, 6.07) is 2.55. The van der Waals surface area contributed by atoms with Crippen molar-refractivity contribution in [2.24, 2.45) is 0 Å². The number of alkyl halides is 3. The van der Waals surface area contributed by atoms with Crippen LogP contribution in [0.25, 0.3) is 0 Å². The molecule has 2 rings (SSSR count). The lowest BCUT2D eigenvalue weighted by Gasteiger charge is -2.31. The topological polar surface area (TPSA) is 77.1 Å². The Morgan fingerprint density at radius 2 is 1.92 bits per heavy atom. The van der Waals surface area contributed by atoms with E-state index in [9.17, 15) is 22.8 Å². The Morgan fingerprint density at radius 3 is 2.50 bits per heavy atom. The number of hydrogen-bond donors (Lipinski definition) is 1. The Hall–Kier alpha value is -2.33. The van der Waals surface area contributed by atoms with Gasteiger partial charge in [0.2, 0.25) is 5.91 Å². The quantitative estimate of drug-likeness (QED) is 0.793. The van der Waals surface area contributed by atoms with Crippen LogP contribution in [0.3, 0.4) is 0 Å². The van der Waals surface area contributed by atoms with Gasteiger partial charge in [0.1, 0.15) is 0 Å². The number of methoxy groups -OCH3 is 1. The molecule has 1 heterocycles. The summed E-state index contributed by atoms with van der Waals surface area (Å²) < 4.78 is 51.4. The number of nitrogens with zero attached hydrogens (tertiary/aromatic N) is 1. The highest BCUT2D eigenvalue weighted by Gasteiger charge is 2.33. The summed E-state index contributed by atoms with van der Waals surface area (Å²) in [4.78, 5) is 25.9. The number of esters is 1. The van der Waals surface area contributed by atoms with Crippen molar-refractivity contribution in [2.45, 2.75) is 19.3 Å². The van der Waals surface area contributed by atoms with Gasteiger partial charge in [0.05, 0.1) is 37.6 Å². The van der Waals surface area contributed by atoms with Crippen molar-refractivity contribution in [1.82, 2.24) is 4.90 Å². The monoisotopic (exact) mass is 376 g/mol. The van der Waals surface area contributed by atoms with Crippen LogP contribution in [0.1, 0.15) is 17.3 Å². The third-order valence-electron chi connectivity index (χ3n) is 3.86. The van der Waals surface area contributed by atoms with E-state index in [1.54, 1.807) is 6.92 Å². The fourth-order valence-electron chi connectivity index (χ4n) is 2.45. The first-order valence-corrected chi connectivity index (χ1v) is 7.82. The van der Waals surface area contributed by atoms with Gasteiger partial charge < -0.3 is 19.5 Å². The highest BCUT2D eigenvalue weighted by atomic mass is 19.4. The Bertz CT molecular complexity index is 660.